The second kappa shape index (κ2) is 6.12. The third-order valence-electron chi connectivity index (χ3n) is 4.19. The van der Waals surface area contributed by atoms with Crippen LogP contribution in [-0.4, -0.2) is 25.0 Å². The van der Waals surface area contributed by atoms with Crippen molar-refractivity contribution >= 4 is 10.9 Å². The van der Waals surface area contributed by atoms with E-state index in [-0.39, 0.29) is 0 Å². The number of hydrogen-bond donors (Lipinski definition) is 2. The normalized spacial score (nSPS) is 12.7. The van der Waals surface area contributed by atoms with E-state index in [0.29, 0.717) is 5.92 Å². The van der Waals surface area contributed by atoms with E-state index in [1.165, 1.54) is 16.6 Å². The summed E-state index contributed by atoms with van der Waals surface area (Å²) in [5.41, 5.74) is 3.48. The zero-order valence-electron chi connectivity index (χ0n) is 12.8. The van der Waals surface area contributed by atoms with Gasteiger partial charge in [-0.3, -0.25) is 0 Å². The molecule has 5 heteroatoms. The number of aromatic nitrogens is 5. The number of hydrogen-bond acceptors (Lipinski definition) is 2. The highest BCUT2D eigenvalue weighted by Crippen LogP contribution is 2.20. The molecule has 2 N–H and O–H groups in total. The Kier molecular flexibility index (Phi) is 3.68. The molecule has 0 saturated carbocycles. The highest BCUT2D eigenvalue weighted by molar-refractivity contribution is 5.80. The quantitative estimate of drug-likeness (QED) is 0.574. The number of para-hydroxylation sites is 1. The molecule has 1 atom stereocenters. The first-order valence-corrected chi connectivity index (χ1v) is 7.89. The van der Waals surface area contributed by atoms with Gasteiger partial charge < -0.3 is 9.55 Å². The molecule has 0 radical (unpaired) electrons. The number of H-pyrrole nitrogens is 2. The second-order valence-electron chi connectivity index (χ2n) is 6.00. The first kappa shape index (κ1) is 13.8. The van der Waals surface area contributed by atoms with Crippen LogP contribution in [0.25, 0.3) is 10.9 Å². The van der Waals surface area contributed by atoms with E-state index < -0.39 is 0 Å². The number of nitrogens with one attached hydrogen (secondary N) is 2. The second-order valence-corrected chi connectivity index (χ2v) is 6.00. The van der Waals surface area contributed by atoms with Crippen molar-refractivity contribution in [3.8, 4) is 0 Å². The van der Waals surface area contributed by atoms with Crippen molar-refractivity contribution in [1.29, 1.82) is 0 Å². The summed E-state index contributed by atoms with van der Waals surface area (Å²) in [6.45, 7) is 0.967. The van der Waals surface area contributed by atoms with Crippen molar-refractivity contribution in [2.24, 2.45) is 5.92 Å². The minimum atomic E-state index is 0.459. The average Bonchev–Trinajstić information content (AvgIpc) is 3.27. The Balaban J connectivity index is 1.56. The molecular formula is C18H19N5. The molecule has 0 fully saturated rings. The molecule has 0 aliphatic heterocycles. The van der Waals surface area contributed by atoms with Crippen molar-refractivity contribution in [2.75, 3.05) is 0 Å². The van der Waals surface area contributed by atoms with Crippen LogP contribution >= 0.6 is 0 Å². The zero-order valence-corrected chi connectivity index (χ0v) is 12.8. The number of benzene rings is 1. The molecule has 5 nitrogen and oxygen atoms in total. The van der Waals surface area contributed by atoms with Gasteiger partial charge in [-0.15, -0.1) is 0 Å². The van der Waals surface area contributed by atoms with Gasteiger partial charge in [-0.2, -0.15) is 15.4 Å². The molecule has 0 amide bonds. The Bertz CT molecular complexity index is 789. The summed E-state index contributed by atoms with van der Waals surface area (Å²) in [5, 5.41) is 12.1. The maximum atomic E-state index is 4.21. The van der Waals surface area contributed by atoms with Crippen LogP contribution in [0.1, 0.15) is 11.4 Å². The maximum absolute atomic E-state index is 4.21. The summed E-state index contributed by atoms with van der Waals surface area (Å²) in [4.78, 5) is 3.53. The lowest BCUT2D eigenvalue weighted by Gasteiger charge is -2.16. The van der Waals surface area contributed by atoms with Crippen molar-refractivity contribution in [3.63, 3.8) is 0 Å². The molecular weight excluding hydrogens is 286 g/mol. The summed E-state index contributed by atoms with van der Waals surface area (Å²) >= 11 is 0. The van der Waals surface area contributed by atoms with Gasteiger partial charge in [0.25, 0.3) is 0 Å². The van der Waals surface area contributed by atoms with Crippen molar-refractivity contribution in [1.82, 2.24) is 25.0 Å². The van der Waals surface area contributed by atoms with E-state index in [1.807, 2.05) is 6.20 Å². The van der Waals surface area contributed by atoms with Gasteiger partial charge >= 0.3 is 0 Å². The van der Waals surface area contributed by atoms with Crippen molar-refractivity contribution in [2.45, 2.75) is 19.4 Å². The fourth-order valence-corrected chi connectivity index (χ4v) is 3.17. The summed E-state index contributed by atoms with van der Waals surface area (Å²) in [5.74, 6) is 0.459. The minimum absolute atomic E-state index is 0.459. The monoisotopic (exact) mass is 305 g/mol. The van der Waals surface area contributed by atoms with E-state index in [2.05, 4.69) is 79.8 Å². The van der Waals surface area contributed by atoms with Crippen molar-refractivity contribution < 1.29 is 0 Å². The van der Waals surface area contributed by atoms with E-state index in [4.69, 9.17) is 0 Å². The van der Waals surface area contributed by atoms with Crippen LogP contribution in [0.4, 0.5) is 0 Å². The summed E-state index contributed by atoms with van der Waals surface area (Å²) < 4.78 is 2.23. The number of rotatable bonds is 6. The number of nitrogens with zero attached hydrogens (tertiary/aromatic N) is 3. The van der Waals surface area contributed by atoms with Gasteiger partial charge in [0.15, 0.2) is 0 Å². The maximum Gasteiger partial charge on any atom is 0.0828 e. The van der Waals surface area contributed by atoms with Crippen molar-refractivity contribution in [3.05, 3.63) is 72.4 Å². The first-order valence-electron chi connectivity index (χ1n) is 7.89. The molecule has 116 valence electrons. The van der Waals surface area contributed by atoms with E-state index >= 15 is 0 Å². The highest BCUT2D eigenvalue weighted by atomic mass is 15.3. The fourth-order valence-electron chi connectivity index (χ4n) is 3.17. The Morgan fingerprint density at radius 2 is 1.91 bits per heavy atom. The lowest BCUT2D eigenvalue weighted by molar-refractivity contribution is 0.432. The molecule has 0 saturated heterocycles. The minimum Gasteiger partial charge on any atom is -0.358 e. The van der Waals surface area contributed by atoms with Crippen LogP contribution in [0.15, 0.2) is 61.1 Å². The molecule has 4 rings (SSSR count). The standard InChI is InChI=1S/C18H19N5/c1-2-6-18-15(5-1)11-16(20-18)9-14(10-17-12-19-22-21-17)13-23-7-3-4-8-23/h1-8,11-12,14,20H,9-10,13H2,(H,19,21,22). The van der Waals surface area contributed by atoms with Crippen LogP contribution in [0.2, 0.25) is 0 Å². The topological polar surface area (TPSA) is 62.3 Å². The van der Waals surface area contributed by atoms with Gasteiger partial charge in [-0.25, -0.2) is 0 Å². The molecule has 0 spiro atoms. The van der Waals surface area contributed by atoms with Gasteiger partial charge in [0.1, 0.15) is 0 Å². The third kappa shape index (κ3) is 3.18. The molecule has 0 aliphatic carbocycles. The molecule has 0 aliphatic rings. The Morgan fingerprint density at radius 1 is 1.04 bits per heavy atom. The third-order valence-corrected chi connectivity index (χ3v) is 4.19. The average molecular weight is 305 g/mol. The molecule has 23 heavy (non-hydrogen) atoms. The SMILES string of the molecule is c1ccc2[nH]c(CC(Cc3cn[nH]n3)Cn3cccc3)cc2c1. The van der Waals surface area contributed by atoms with Gasteiger partial charge in [0, 0.05) is 30.1 Å². The molecule has 4 aromatic rings. The van der Waals surface area contributed by atoms with E-state index in [0.717, 1.165) is 25.1 Å². The van der Waals surface area contributed by atoms with Crippen LogP contribution in [0, 0.1) is 5.92 Å². The Morgan fingerprint density at radius 3 is 2.70 bits per heavy atom. The summed E-state index contributed by atoms with van der Waals surface area (Å²) in [6.07, 6.45) is 7.93. The van der Waals surface area contributed by atoms with Gasteiger partial charge in [0.2, 0.25) is 0 Å². The molecule has 0 bridgehead atoms. The Labute approximate surface area is 134 Å². The van der Waals surface area contributed by atoms with Gasteiger partial charge in [-0.05, 0) is 48.4 Å². The van der Waals surface area contributed by atoms with E-state index in [1.54, 1.807) is 0 Å². The zero-order chi connectivity index (χ0) is 15.5. The molecule has 1 unspecified atom stereocenters. The predicted molar refractivity (Wildman–Crippen MR) is 90.0 cm³/mol. The molecule has 1 aromatic carbocycles. The van der Waals surface area contributed by atoms with Gasteiger partial charge in [-0.1, -0.05) is 18.2 Å². The van der Waals surface area contributed by atoms with Crippen LogP contribution in [0.3, 0.4) is 0 Å². The fraction of sp³-hybridized carbons (Fsp3) is 0.222. The van der Waals surface area contributed by atoms with Gasteiger partial charge in [0.05, 0.1) is 11.9 Å². The predicted octanol–water partition coefficient (Wildman–Crippen LogP) is 3.19. The molecule has 3 heterocycles. The summed E-state index contributed by atoms with van der Waals surface area (Å²) in [6, 6.07) is 14.8. The lowest BCUT2D eigenvalue weighted by atomic mass is 9.97. The molecule has 3 aromatic heterocycles. The number of aromatic amines is 2. The number of fused-ring (bicyclic) bond motifs is 1. The lowest BCUT2D eigenvalue weighted by Crippen LogP contribution is -2.16. The first-order chi connectivity index (χ1) is 11.4. The highest BCUT2D eigenvalue weighted by Gasteiger charge is 2.14. The van der Waals surface area contributed by atoms with Crippen LogP contribution < -0.4 is 0 Å². The van der Waals surface area contributed by atoms with E-state index in [9.17, 15) is 0 Å². The van der Waals surface area contributed by atoms with Crippen LogP contribution in [0.5, 0.6) is 0 Å². The largest absolute Gasteiger partial charge is 0.358 e. The smallest absolute Gasteiger partial charge is 0.0828 e. The summed E-state index contributed by atoms with van der Waals surface area (Å²) in [7, 11) is 0. The van der Waals surface area contributed by atoms with Crippen LogP contribution in [-0.2, 0) is 19.4 Å². The Hall–Kier alpha value is -2.82.